The molecule has 110 valence electrons. The summed E-state index contributed by atoms with van der Waals surface area (Å²) < 4.78 is 25.1. The fourth-order valence-corrected chi connectivity index (χ4v) is 2.27. The monoisotopic (exact) mass is 290 g/mol. The van der Waals surface area contributed by atoms with Crippen molar-refractivity contribution in [2.24, 2.45) is 0 Å². The van der Waals surface area contributed by atoms with E-state index >= 15 is 0 Å². The molecule has 1 atom stereocenters. The Morgan fingerprint density at radius 1 is 1.43 bits per heavy atom. The zero-order valence-corrected chi connectivity index (χ0v) is 11.6. The molecular formula is C15H15FN2O3. The Bertz CT molecular complexity index is 645. The van der Waals surface area contributed by atoms with E-state index in [-0.39, 0.29) is 11.9 Å². The quantitative estimate of drug-likeness (QED) is 0.814. The topological polar surface area (TPSA) is 53.4 Å². The van der Waals surface area contributed by atoms with E-state index in [0.29, 0.717) is 30.2 Å². The van der Waals surface area contributed by atoms with Crippen LogP contribution in [-0.4, -0.2) is 35.1 Å². The number of carbonyl (C=O) groups is 1. The number of esters is 1. The molecule has 0 N–H and O–H groups in total. The third kappa shape index (κ3) is 2.80. The van der Waals surface area contributed by atoms with Crippen molar-refractivity contribution < 1.29 is 18.7 Å². The maximum absolute atomic E-state index is 12.9. The van der Waals surface area contributed by atoms with E-state index in [1.807, 2.05) is 0 Å². The third-order valence-electron chi connectivity index (χ3n) is 3.46. The molecule has 1 saturated heterocycles. The first-order valence-electron chi connectivity index (χ1n) is 6.74. The number of halogens is 1. The third-order valence-corrected chi connectivity index (χ3v) is 3.46. The van der Waals surface area contributed by atoms with Crippen LogP contribution in [0.25, 0.3) is 5.69 Å². The van der Waals surface area contributed by atoms with Gasteiger partial charge in [-0.1, -0.05) is 0 Å². The summed E-state index contributed by atoms with van der Waals surface area (Å²) in [5, 5.41) is 4.17. The van der Waals surface area contributed by atoms with E-state index in [0.717, 1.165) is 6.42 Å². The Morgan fingerprint density at radius 3 is 2.86 bits per heavy atom. The van der Waals surface area contributed by atoms with Crippen molar-refractivity contribution in [2.45, 2.75) is 19.4 Å². The first-order chi connectivity index (χ1) is 10.1. The summed E-state index contributed by atoms with van der Waals surface area (Å²) in [7, 11) is 0. The average Bonchev–Trinajstić information content (AvgIpc) is 3.09. The van der Waals surface area contributed by atoms with Crippen LogP contribution in [0.2, 0.25) is 0 Å². The predicted octanol–water partition coefficient (Wildman–Crippen LogP) is 2.27. The Labute approximate surface area is 121 Å². The van der Waals surface area contributed by atoms with Crippen molar-refractivity contribution in [3.8, 4) is 5.69 Å². The van der Waals surface area contributed by atoms with Crippen LogP contribution >= 0.6 is 0 Å². The SMILES string of the molecule is Cc1c(C(=O)O[C@@H]2CCOC2)cnn1-c1ccc(F)cc1. The second-order valence-corrected chi connectivity index (χ2v) is 4.92. The molecule has 0 spiro atoms. The van der Waals surface area contributed by atoms with Gasteiger partial charge >= 0.3 is 5.97 Å². The van der Waals surface area contributed by atoms with Crippen molar-refractivity contribution in [3.05, 3.63) is 47.5 Å². The molecule has 2 heterocycles. The maximum atomic E-state index is 12.9. The van der Waals surface area contributed by atoms with Gasteiger partial charge in [-0.15, -0.1) is 0 Å². The van der Waals surface area contributed by atoms with Gasteiger partial charge in [-0.3, -0.25) is 0 Å². The Hall–Kier alpha value is -2.21. The number of carbonyl (C=O) groups excluding carboxylic acids is 1. The van der Waals surface area contributed by atoms with Crippen LogP contribution in [0.4, 0.5) is 4.39 Å². The van der Waals surface area contributed by atoms with Gasteiger partial charge in [-0.05, 0) is 31.2 Å². The smallest absolute Gasteiger partial charge is 0.341 e. The van der Waals surface area contributed by atoms with Crippen molar-refractivity contribution in [1.29, 1.82) is 0 Å². The van der Waals surface area contributed by atoms with Gasteiger partial charge in [0.15, 0.2) is 0 Å². The molecule has 0 saturated carbocycles. The first kappa shape index (κ1) is 13.8. The number of nitrogens with zero attached hydrogens (tertiary/aromatic N) is 2. The van der Waals surface area contributed by atoms with Crippen molar-refractivity contribution in [3.63, 3.8) is 0 Å². The fraction of sp³-hybridized carbons (Fsp3) is 0.333. The molecule has 1 aromatic heterocycles. The van der Waals surface area contributed by atoms with Crippen LogP contribution in [0.5, 0.6) is 0 Å². The molecule has 1 aliphatic heterocycles. The molecule has 0 aliphatic carbocycles. The van der Waals surface area contributed by atoms with E-state index in [1.165, 1.54) is 18.3 Å². The van der Waals surface area contributed by atoms with E-state index in [9.17, 15) is 9.18 Å². The highest BCUT2D eigenvalue weighted by atomic mass is 19.1. The summed E-state index contributed by atoms with van der Waals surface area (Å²) in [4.78, 5) is 12.1. The van der Waals surface area contributed by atoms with Crippen LogP contribution in [0.15, 0.2) is 30.5 Å². The second-order valence-electron chi connectivity index (χ2n) is 4.92. The van der Waals surface area contributed by atoms with Crippen molar-refractivity contribution in [1.82, 2.24) is 9.78 Å². The van der Waals surface area contributed by atoms with E-state index in [1.54, 1.807) is 23.7 Å². The summed E-state index contributed by atoms with van der Waals surface area (Å²) in [5.41, 5.74) is 1.76. The van der Waals surface area contributed by atoms with Gasteiger partial charge in [-0.2, -0.15) is 5.10 Å². The van der Waals surface area contributed by atoms with E-state index in [4.69, 9.17) is 9.47 Å². The van der Waals surface area contributed by atoms with Gasteiger partial charge < -0.3 is 9.47 Å². The lowest BCUT2D eigenvalue weighted by Gasteiger charge is -2.10. The highest BCUT2D eigenvalue weighted by Gasteiger charge is 2.23. The molecule has 6 heteroatoms. The average molecular weight is 290 g/mol. The Morgan fingerprint density at radius 2 is 2.19 bits per heavy atom. The summed E-state index contributed by atoms with van der Waals surface area (Å²) in [6.07, 6.45) is 2.00. The summed E-state index contributed by atoms with van der Waals surface area (Å²) in [6, 6.07) is 5.92. The summed E-state index contributed by atoms with van der Waals surface area (Å²) >= 11 is 0. The summed E-state index contributed by atoms with van der Waals surface area (Å²) in [6.45, 7) is 2.83. The van der Waals surface area contributed by atoms with Crippen LogP contribution < -0.4 is 0 Å². The minimum absolute atomic E-state index is 0.189. The van der Waals surface area contributed by atoms with Gasteiger partial charge in [0.2, 0.25) is 0 Å². The Balaban J connectivity index is 1.81. The molecule has 2 aromatic rings. The number of hydrogen-bond acceptors (Lipinski definition) is 4. The lowest BCUT2D eigenvalue weighted by atomic mass is 10.2. The lowest BCUT2D eigenvalue weighted by Crippen LogP contribution is -2.18. The number of benzene rings is 1. The van der Waals surface area contributed by atoms with E-state index < -0.39 is 5.97 Å². The van der Waals surface area contributed by atoms with Crippen molar-refractivity contribution >= 4 is 5.97 Å². The molecule has 3 rings (SSSR count). The van der Waals surface area contributed by atoms with Gasteiger partial charge in [0.05, 0.1) is 30.8 Å². The van der Waals surface area contributed by atoms with Crippen LogP contribution in [0.1, 0.15) is 22.5 Å². The minimum Gasteiger partial charge on any atom is -0.456 e. The number of aromatic nitrogens is 2. The molecule has 0 amide bonds. The summed E-state index contributed by atoms with van der Waals surface area (Å²) in [5.74, 6) is -0.721. The normalized spacial score (nSPS) is 17.9. The van der Waals surface area contributed by atoms with Crippen LogP contribution in [0.3, 0.4) is 0 Å². The first-order valence-corrected chi connectivity index (χ1v) is 6.74. The highest BCUT2D eigenvalue weighted by molar-refractivity contribution is 5.90. The standard InChI is InChI=1S/C15H15FN2O3/c1-10-14(15(19)21-13-6-7-20-9-13)8-17-18(10)12-4-2-11(16)3-5-12/h2-5,8,13H,6-7,9H2,1H3/t13-/m1/s1. The molecule has 5 nitrogen and oxygen atoms in total. The van der Waals surface area contributed by atoms with Gasteiger partial charge in [0, 0.05) is 6.42 Å². The minimum atomic E-state index is -0.406. The predicted molar refractivity (Wildman–Crippen MR) is 72.9 cm³/mol. The number of hydrogen-bond donors (Lipinski definition) is 0. The van der Waals surface area contributed by atoms with Crippen LogP contribution in [0, 0.1) is 12.7 Å². The molecule has 0 radical (unpaired) electrons. The zero-order chi connectivity index (χ0) is 14.8. The van der Waals surface area contributed by atoms with Gasteiger partial charge in [0.25, 0.3) is 0 Å². The Kier molecular flexibility index (Phi) is 3.70. The van der Waals surface area contributed by atoms with Crippen LogP contribution in [-0.2, 0) is 9.47 Å². The lowest BCUT2D eigenvalue weighted by molar-refractivity contribution is 0.0270. The van der Waals surface area contributed by atoms with E-state index in [2.05, 4.69) is 5.10 Å². The molecule has 21 heavy (non-hydrogen) atoms. The molecular weight excluding hydrogens is 275 g/mol. The number of rotatable bonds is 3. The highest BCUT2D eigenvalue weighted by Crippen LogP contribution is 2.17. The molecule has 1 aromatic carbocycles. The molecule has 0 bridgehead atoms. The largest absolute Gasteiger partial charge is 0.456 e. The molecule has 1 aliphatic rings. The molecule has 0 unspecified atom stereocenters. The van der Waals surface area contributed by atoms with Gasteiger partial charge in [0.1, 0.15) is 17.5 Å². The van der Waals surface area contributed by atoms with Crippen molar-refractivity contribution in [2.75, 3.05) is 13.2 Å². The fourth-order valence-electron chi connectivity index (χ4n) is 2.27. The maximum Gasteiger partial charge on any atom is 0.341 e. The number of ether oxygens (including phenoxy) is 2. The zero-order valence-electron chi connectivity index (χ0n) is 11.6. The molecule has 1 fully saturated rings. The second kappa shape index (κ2) is 5.65. The van der Waals surface area contributed by atoms with Gasteiger partial charge in [-0.25, -0.2) is 13.9 Å².